The number of nitrogens with two attached hydrogens (primary N) is 1. The van der Waals surface area contributed by atoms with E-state index in [1.165, 1.54) is 12.3 Å². The van der Waals surface area contributed by atoms with Crippen molar-refractivity contribution in [3.8, 4) is 0 Å². The van der Waals surface area contributed by atoms with Crippen LogP contribution < -0.4 is 10.5 Å². The highest BCUT2D eigenvalue weighted by atomic mass is 32.2. The quantitative estimate of drug-likeness (QED) is 0.535. The van der Waals surface area contributed by atoms with Crippen LogP contribution in [0.4, 0.5) is 4.39 Å². The Hall–Kier alpha value is -1.54. The second kappa shape index (κ2) is 5.62. The Kier molecular flexibility index (Phi) is 4.59. The van der Waals surface area contributed by atoms with Crippen molar-refractivity contribution >= 4 is 15.9 Å². The summed E-state index contributed by atoms with van der Waals surface area (Å²) < 4.78 is 40.0. The first kappa shape index (κ1) is 15.5. The molecule has 0 bridgehead atoms. The summed E-state index contributed by atoms with van der Waals surface area (Å²) in [5.41, 5.74) is 4.24. The number of hydrogen-bond donors (Lipinski definition) is 3. The van der Waals surface area contributed by atoms with E-state index in [0.29, 0.717) is 0 Å². The zero-order valence-corrected chi connectivity index (χ0v) is 11.6. The Morgan fingerprint density at radius 1 is 1.53 bits per heavy atom. The number of hydrogen-bond acceptors (Lipinski definition) is 4. The van der Waals surface area contributed by atoms with Crippen LogP contribution in [0.2, 0.25) is 0 Å². The van der Waals surface area contributed by atoms with Crippen molar-refractivity contribution < 1.29 is 12.8 Å². The van der Waals surface area contributed by atoms with Crippen LogP contribution in [0.1, 0.15) is 26.7 Å². The van der Waals surface area contributed by atoms with E-state index in [1.54, 1.807) is 13.8 Å². The number of halogens is 1. The van der Waals surface area contributed by atoms with Gasteiger partial charge in [-0.3, -0.25) is 5.41 Å². The molecule has 106 valence electrons. The van der Waals surface area contributed by atoms with Crippen molar-refractivity contribution in [2.45, 2.75) is 37.3 Å². The molecule has 0 unspecified atom stereocenters. The van der Waals surface area contributed by atoms with Gasteiger partial charge in [-0.1, -0.05) is 13.8 Å². The van der Waals surface area contributed by atoms with Gasteiger partial charge in [-0.15, -0.1) is 0 Å². The van der Waals surface area contributed by atoms with Crippen LogP contribution >= 0.6 is 0 Å². The van der Waals surface area contributed by atoms with Gasteiger partial charge in [0.1, 0.15) is 5.84 Å². The molecular formula is C11H17FN4O2S. The van der Waals surface area contributed by atoms with Crippen molar-refractivity contribution in [2.75, 3.05) is 0 Å². The van der Waals surface area contributed by atoms with E-state index in [0.717, 1.165) is 6.07 Å². The molecule has 0 atom stereocenters. The van der Waals surface area contributed by atoms with Gasteiger partial charge >= 0.3 is 0 Å². The van der Waals surface area contributed by atoms with Gasteiger partial charge in [0.25, 0.3) is 10.0 Å². The molecule has 6 nitrogen and oxygen atoms in total. The normalized spacial score (nSPS) is 12.4. The second-order valence-corrected chi connectivity index (χ2v) is 5.70. The predicted molar refractivity (Wildman–Crippen MR) is 69.7 cm³/mol. The van der Waals surface area contributed by atoms with Crippen molar-refractivity contribution in [3.63, 3.8) is 0 Å². The average molecular weight is 288 g/mol. The monoisotopic (exact) mass is 288 g/mol. The van der Waals surface area contributed by atoms with Gasteiger partial charge in [-0.05, 0) is 25.0 Å². The molecule has 0 saturated carbocycles. The van der Waals surface area contributed by atoms with E-state index in [9.17, 15) is 12.8 Å². The van der Waals surface area contributed by atoms with Gasteiger partial charge in [-0.2, -0.15) is 4.72 Å². The van der Waals surface area contributed by atoms with Gasteiger partial charge in [0, 0.05) is 6.20 Å². The third-order valence-electron chi connectivity index (χ3n) is 3.03. The van der Waals surface area contributed by atoms with E-state index >= 15 is 0 Å². The summed E-state index contributed by atoms with van der Waals surface area (Å²) in [4.78, 5) is 3.53. The number of pyridine rings is 1. The predicted octanol–water partition coefficient (Wildman–Crippen LogP) is 0.994. The minimum absolute atomic E-state index is 0.284. The highest BCUT2D eigenvalue weighted by Gasteiger charge is 2.36. The summed E-state index contributed by atoms with van der Waals surface area (Å²) in [6, 6.07) is 2.31. The maximum absolute atomic E-state index is 13.5. The van der Waals surface area contributed by atoms with Crippen molar-refractivity contribution in [3.05, 3.63) is 24.1 Å². The Morgan fingerprint density at radius 2 is 2.11 bits per heavy atom. The van der Waals surface area contributed by atoms with Crippen LogP contribution in [0, 0.1) is 11.2 Å². The summed E-state index contributed by atoms with van der Waals surface area (Å²) in [5, 5.41) is 6.84. The standard InChI is InChI=1S/C11H17FN4O2S/c1-3-11(4-2,10(13)14)16-19(17,18)9-8(12)6-5-7-15-9/h5-7,16H,3-4H2,1-2H3,(H3,13,14). The number of aromatic nitrogens is 1. The maximum Gasteiger partial charge on any atom is 0.261 e. The maximum atomic E-state index is 13.5. The Morgan fingerprint density at radius 3 is 2.53 bits per heavy atom. The molecule has 1 aromatic heterocycles. The van der Waals surface area contributed by atoms with Crippen molar-refractivity contribution in [1.82, 2.24) is 9.71 Å². The summed E-state index contributed by atoms with van der Waals surface area (Å²) in [7, 11) is -4.17. The molecule has 0 aliphatic carbocycles. The molecule has 8 heteroatoms. The van der Waals surface area contributed by atoms with Crippen LogP contribution in [0.5, 0.6) is 0 Å². The number of sulfonamides is 1. The molecule has 0 fully saturated rings. The van der Waals surface area contributed by atoms with Crippen LogP contribution in [-0.4, -0.2) is 24.8 Å². The minimum atomic E-state index is -4.17. The molecule has 0 aromatic carbocycles. The van der Waals surface area contributed by atoms with Crippen LogP contribution in [0.3, 0.4) is 0 Å². The zero-order valence-electron chi connectivity index (χ0n) is 10.8. The Labute approximate surface area is 111 Å². The number of nitrogens with zero attached hydrogens (tertiary/aromatic N) is 1. The SMILES string of the molecule is CCC(CC)(NS(=O)(=O)c1ncccc1F)C(=N)N. The fourth-order valence-electron chi connectivity index (χ4n) is 1.70. The second-order valence-electron chi connectivity index (χ2n) is 4.10. The number of rotatable bonds is 6. The third kappa shape index (κ3) is 3.07. The lowest BCUT2D eigenvalue weighted by Crippen LogP contribution is -2.56. The van der Waals surface area contributed by atoms with E-state index in [-0.39, 0.29) is 18.7 Å². The molecular weight excluding hydrogens is 271 g/mol. The van der Waals surface area contributed by atoms with E-state index in [2.05, 4.69) is 9.71 Å². The number of amidine groups is 1. The van der Waals surface area contributed by atoms with Crippen molar-refractivity contribution in [1.29, 1.82) is 5.41 Å². The molecule has 1 rings (SSSR count). The summed E-state index contributed by atoms with van der Waals surface area (Å²) in [6.45, 7) is 3.39. The minimum Gasteiger partial charge on any atom is -0.386 e. The molecule has 1 aromatic rings. The van der Waals surface area contributed by atoms with Gasteiger partial charge in [0.2, 0.25) is 5.03 Å². The molecule has 0 spiro atoms. The Balaban J connectivity index is 3.23. The third-order valence-corrected chi connectivity index (χ3v) is 4.50. The lowest BCUT2D eigenvalue weighted by molar-refractivity contribution is 0.453. The summed E-state index contributed by atoms with van der Waals surface area (Å²) in [6.07, 6.45) is 1.75. The molecule has 0 aliphatic rings. The molecule has 0 saturated heterocycles. The fraction of sp³-hybridized carbons (Fsp3) is 0.455. The van der Waals surface area contributed by atoms with Crippen LogP contribution in [0.15, 0.2) is 23.4 Å². The lowest BCUT2D eigenvalue weighted by Gasteiger charge is -2.30. The Bertz CT molecular complexity index is 570. The molecule has 1 heterocycles. The molecule has 0 aliphatic heterocycles. The van der Waals surface area contributed by atoms with Gasteiger partial charge < -0.3 is 5.73 Å². The first-order valence-corrected chi connectivity index (χ1v) is 7.26. The molecule has 0 amide bonds. The van der Waals surface area contributed by atoms with Crippen molar-refractivity contribution in [2.24, 2.45) is 5.73 Å². The highest BCUT2D eigenvalue weighted by molar-refractivity contribution is 7.89. The first-order chi connectivity index (χ1) is 8.79. The van der Waals surface area contributed by atoms with Gasteiger partial charge in [-0.25, -0.2) is 17.8 Å². The highest BCUT2D eigenvalue weighted by Crippen LogP contribution is 2.19. The molecule has 0 radical (unpaired) electrons. The largest absolute Gasteiger partial charge is 0.386 e. The van der Waals surface area contributed by atoms with E-state index in [1.807, 2.05) is 0 Å². The van der Waals surface area contributed by atoms with Gasteiger partial charge in [0.05, 0.1) is 5.54 Å². The van der Waals surface area contributed by atoms with Gasteiger partial charge in [0.15, 0.2) is 5.82 Å². The summed E-state index contributed by atoms with van der Waals surface area (Å²) in [5.74, 6) is -1.25. The topological polar surface area (TPSA) is 109 Å². The summed E-state index contributed by atoms with van der Waals surface area (Å²) >= 11 is 0. The zero-order chi connectivity index (χ0) is 14.7. The number of nitrogens with one attached hydrogen (secondary N) is 2. The van der Waals surface area contributed by atoms with E-state index < -0.39 is 26.4 Å². The lowest BCUT2D eigenvalue weighted by atomic mass is 9.93. The van der Waals surface area contributed by atoms with Crippen LogP contribution in [-0.2, 0) is 10.0 Å². The first-order valence-electron chi connectivity index (χ1n) is 5.78. The average Bonchev–Trinajstić information content (AvgIpc) is 2.36. The fourth-order valence-corrected chi connectivity index (χ4v) is 3.24. The van der Waals surface area contributed by atoms with Crippen LogP contribution in [0.25, 0.3) is 0 Å². The molecule has 4 N–H and O–H groups in total. The smallest absolute Gasteiger partial charge is 0.261 e. The molecule has 19 heavy (non-hydrogen) atoms. The van der Waals surface area contributed by atoms with E-state index in [4.69, 9.17) is 11.1 Å².